The molecule has 2 rings (SSSR count). The third kappa shape index (κ3) is 5.13. The van der Waals surface area contributed by atoms with Crippen molar-refractivity contribution in [3.05, 3.63) is 46.5 Å². The van der Waals surface area contributed by atoms with E-state index in [0.717, 1.165) is 0 Å². The second kappa shape index (κ2) is 9.27. The van der Waals surface area contributed by atoms with Crippen LogP contribution in [0.1, 0.15) is 15.9 Å². The summed E-state index contributed by atoms with van der Waals surface area (Å²) in [7, 11) is 4.16. The normalized spacial score (nSPS) is 10.5. The molecule has 0 amide bonds. The zero-order valence-electron chi connectivity index (χ0n) is 14.8. The first-order chi connectivity index (χ1) is 12.9. The fourth-order valence-corrected chi connectivity index (χ4v) is 2.55. The fraction of sp³-hybridized carbons (Fsp3) is 0.278. The van der Waals surface area contributed by atoms with Gasteiger partial charge in [0.15, 0.2) is 23.0 Å². The molecule has 6 nitrogen and oxygen atoms in total. The molecule has 0 aromatic heterocycles. The molecule has 0 N–H and O–H groups in total. The first-order valence-corrected chi connectivity index (χ1v) is 7.97. The average Bonchev–Trinajstić information content (AvgIpc) is 2.65. The predicted octanol–water partition coefficient (Wildman–Crippen LogP) is 4.32. The summed E-state index contributed by atoms with van der Waals surface area (Å²) in [5.41, 5.74) is 0.690. The maximum Gasteiger partial charge on any atom is 0.387 e. The Morgan fingerprint density at radius 3 is 2.30 bits per heavy atom. The maximum atomic E-state index is 12.4. The Labute approximate surface area is 159 Å². The number of hydrogen-bond donors (Lipinski definition) is 0. The molecule has 0 atom stereocenters. The molecule has 0 heterocycles. The van der Waals surface area contributed by atoms with Gasteiger partial charge in [0.05, 0.1) is 31.9 Å². The van der Waals surface area contributed by atoms with Crippen molar-refractivity contribution in [2.24, 2.45) is 0 Å². The largest absolute Gasteiger partial charge is 0.493 e. The minimum Gasteiger partial charge on any atom is -0.493 e. The Kier molecular flexibility index (Phi) is 7.06. The number of ether oxygens (including phenoxy) is 5. The highest BCUT2D eigenvalue weighted by Crippen LogP contribution is 2.36. The standard InChI is InChI=1S/C18H17ClF2O6/c1-23-14-6-10(4-5-13(14)27-18(20)21)9-26-17(22)11-7-12(19)16(25-3)15(8-11)24-2/h4-8,18H,9H2,1-3H3. The topological polar surface area (TPSA) is 63.2 Å². The molecule has 146 valence electrons. The van der Waals surface area contributed by atoms with Crippen LogP contribution < -0.4 is 18.9 Å². The van der Waals surface area contributed by atoms with Gasteiger partial charge in [0.1, 0.15) is 6.61 Å². The summed E-state index contributed by atoms with van der Waals surface area (Å²) in [5.74, 6) is -0.0841. The van der Waals surface area contributed by atoms with Crippen molar-refractivity contribution in [3.63, 3.8) is 0 Å². The Morgan fingerprint density at radius 1 is 1.00 bits per heavy atom. The Hall–Kier alpha value is -2.74. The second-order valence-electron chi connectivity index (χ2n) is 5.13. The quantitative estimate of drug-likeness (QED) is 0.613. The van der Waals surface area contributed by atoms with E-state index in [0.29, 0.717) is 11.3 Å². The number of hydrogen-bond acceptors (Lipinski definition) is 6. The van der Waals surface area contributed by atoms with E-state index in [1.54, 1.807) is 0 Å². The van der Waals surface area contributed by atoms with Gasteiger partial charge in [0.25, 0.3) is 0 Å². The Bertz CT molecular complexity index is 813. The molecule has 0 fully saturated rings. The smallest absolute Gasteiger partial charge is 0.387 e. The van der Waals surface area contributed by atoms with Crippen molar-refractivity contribution < 1.29 is 37.3 Å². The monoisotopic (exact) mass is 402 g/mol. The van der Waals surface area contributed by atoms with E-state index in [4.69, 9.17) is 30.5 Å². The molecule has 0 aliphatic rings. The highest BCUT2D eigenvalue weighted by Gasteiger charge is 2.17. The van der Waals surface area contributed by atoms with Crippen LogP contribution >= 0.6 is 11.6 Å². The number of methoxy groups -OCH3 is 3. The number of halogens is 3. The molecule has 0 aliphatic carbocycles. The summed E-state index contributed by atoms with van der Waals surface area (Å²) < 4.78 is 49.5. The molecule has 0 saturated heterocycles. The lowest BCUT2D eigenvalue weighted by molar-refractivity contribution is -0.0512. The molecular weight excluding hydrogens is 386 g/mol. The van der Waals surface area contributed by atoms with Crippen LogP contribution in [0, 0.1) is 0 Å². The van der Waals surface area contributed by atoms with Crippen LogP contribution in [-0.2, 0) is 11.3 Å². The molecule has 2 aromatic rings. The summed E-state index contributed by atoms with van der Waals surface area (Å²) in [6.07, 6.45) is 0. The number of benzene rings is 2. The fourth-order valence-electron chi connectivity index (χ4n) is 2.26. The molecule has 2 aromatic carbocycles. The first kappa shape index (κ1) is 20.6. The van der Waals surface area contributed by atoms with Gasteiger partial charge < -0.3 is 23.7 Å². The van der Waals surface area contributed by atoms with Gasteiger partial charge in [-0.05, 0) is 29.8 Å². The average molecular weight is 403 g/mol. The number of carbonyl (C=O) groups excluding carboxylic acids is 1. The highest BCUT2D eigenvalue weighted by molar-refractivity contribution is 6.32. The van der Waals surface area contributed by atoms with Crippen LogP contribution in [0.15, 0.2) is 30.3 Å². The lowest BCUT2D eigenvalue weighted by Crippen LogP contribution is -2.07. The molecule has 0 saturated carbocycles. The Balaban J connectivity index is 2.12. The predicted molar refractivity (Wildman–Crippen MR) is 93.3 cm³/mol. The van der Waals surface area contributed by atoms with Crippen molar-refractivity contribution >= 4 is 17.6 Å². The summed E-state index contributed by atoms with van der Waals surface area (Å²) in [6.45, 7) is -3.09. The first-order valence-electron chi connectivity index (χ1n) is 7.60. The van der Waals surface area contributed by atoms with Gasteiger partial charge in [-0.15, -0.1) is 0 Å². The summed E-state index contributed by atoms with van der Waals surface area (Å²) >= 11 is 6.07. The van der Waals surface area contributed by atoms with Crippen molar-refractivity contribution in [2.75, 3.05) is 21.3 Å². The van der Waals surface area contributed by atoms with E-state index in [1.807, 2.05) is 0 Å². The molecule has 9 heteroatoms. The van der Waals surface area contributed by atoms with Gasteiger partial charge in [-0.2, -0.15) is 8.78 Å². The van der Waals surface area contributed by atoms with Gasteiger partial charge in [-0.1, -0.05) is 17.7 Å². The number of carbonyl (C=O) groups is 1. The van der Waals surface area contributed by atoms with Crippen molar-refractivity contribution in [1.29, 1.82) is 0 Å². The van der Waals surface area contributed by atoms with E-state index >= 15 is 0 Å². The van der Waals surface area contributed by atoms with Crippen LogP contribution in [0.4, 0.5) is 8.78 Å². The summed E-state index contributed by atoms with van der Waals surface area (Å²) in [6, 6.07) is 7.06. The molecular formula is C18H17ClF2O6. The lowest BCUT2D eigenvalue weighted by Gasteiger charge is -2.13. The minimum absolute atomic E-state index is 0.0954. The molecule has 0 bridgehead atoms. The van der Waals surface area contributed by atoms with Crippen molar-refractivity contribution in [2.45, 2.75) is 13.2 Å². The number of alkyl halides is 2. The summed E-state index contributed by atoms with van der Waals surface area (Å²) in [4.78, 5) is 12.3. The Morgan fingerprint density at radius 2 is 1.70 bits per heavy atom. The maximum absolute atomic E-state index is 12.4. The van der Waals surface area contributed by atoms with E-state index in [2.05, 4.69) is 4.74 Å². The zero-order valence-corrected chi connectivity index (χ0v) is 15.5. The van der Waals surface area contributed by atoms with Gasteiger partial charge in [0, 0.05) is 0 Å². The third-order valence-electron chi connectivity index (χ3n) is 3.48. The van der Waals surface area contributed by atoms with Crippen LogP contribution in [0.3, 0.4) is 0 Å². The van der Waals surface area contributed by atoms with Crippen molar-refractivity contribution in [3.8, 4) is 23.0 Å². The van der Waals surface area contributed by atoms with E-state index in [-0.39, 0.29) is 34.4 Å². The van der Waals surface area contributed by atoms with Gasteiger partial charge in [0.2, 0.25) is 0 Å². The van der Waals surface area contributed by atoms with Crippen LogP contribution in [0.5, 0.6) is 23.0 Å². The third-order valence-corrected chi connectivity index (χ3v) is 3.76. The SMILES string of the molecule is COc1cc(COC(=O)c2cc(Cl)c(OC)c(OC)c2)ccc1OC(F)F. The lowest BCUT2D eigenvalue weighted by atomic mass is 10.2. The van der Waals surface area contributed by atoms with Crippen LogP contribution in [-0.4, -0.2) is 33.9 Å². The van der Waals surface area contributed by atoms with E-state index in [1.165, 1.54) is 51.7 Å². The van der Waals surface area contributed by atoms with E-state index in [9.17, 15) is 13.6 Å². The number of rotatable bonds is 8. The highest BCUT2D eigenvalue weighted by atomic mass is 35.5. The van der Waals surface area contributed by atoms with E-state index < -0.39 is 12.6 Å². The van der Waals surface area contributed by atoms with Gasteiger partial charge in [-0.25, -0.2) is 4.79 Å². The second-order valence-corrected chi connectivity index (χ2v) is 5.54. The van der Waals surface area contributed by atoms with Crippen LogP contribution in [0.25, 0.3) is 0 Å². The minimum atomic E-state index is -2.97. The molecule has 0 aliphatic heterocycles. The number of esters is 1. The van der Waals surface area contributed by atoms with Gasteiger partial charge >= 0.3 is 12.6 Å². The molecule has 27 heavy (non-hydrogen) atoms. The molecule has 0 radical (unpaired) electrons. The zero-order chi connectivity index (χ0) is 20.0. The molecule has 0 spiro atoms. The van der Waals surface area contributed by atoms with Crippen molar-refractivity contribution in [1.82, 2.24) is 0 Å². The van der Waals surface area contributed by atoms with Crippen LogP contribution in [0.2, 0.25) is 5.02 Å². The molecule has 0 unspecified atom stereocenters. The van der Waals surface area contributed by atoms with Gasteiger partial charge in [-0.3, -0.25) is 0 Å². The summed E-state index contributed by atoms with van der Waals surface area (Å²) in [5, 5.41) is 0.193.